The molecule has 2 N–H and O–H groups in total. The van der Waals surface area contributed by atoms with E-state index in [9.17, 15) is 15.0 Å². The first-order valence-electron chi connectivity index (χ1n) is 7.11. The topological polar surface area (TPSA) is 65.7 Å². The minimum Gasteiger partial charge on any atom is -0.465 e. The standard InChI is InChI=1S/C15H16Cl2N2O3/c16-10-1-2-12-13(14(10)17)9-3-5-18(15(21)22)6-4-11(9)19(12)7-8-20/h1-2,20H,3-8H2,(H,21,22). The summed E-state index contributed by atoms with van der Waals surface area (Å²) in [4.78, 5) is 12.6. The molecule has 1 aromatic carbocycles. The zero-order valence-electron chi connectivity index (χ0n) is 11.9. The third kappa shape index (κ3) is 2.43. The largest absolute Gasteiger partial charge is 0.465 e. The van der Waals surface area contributed by atoms with Crippen molar-refractivity contribution >= 4 is 40.2 Å². The summed E-state index contributed by atoms with van der Waals surface area (Å²) < 4.78 is 2.03. The summed E-state index contributed by atoms with van der Waals surface area (Å²) in [6.45, 7) is 1.34. The van der Waals surface area contributed by atoms with Crippen LogP contribution in [-0.2, 0) is 19.4 Å². The number of rotatable bonds is 2. The van der Waals surface area contributed by atoms with E-state index < -0.39 is 6.09 Å². The Balaban J connectivity index is 2.19. The SMILES string of the molecule is O=C(O)N1CCc2c(n(CCO)c3ccc(Cl)c(Cl)c23)CC1. The zero-order valence-corrected chi connectivity index (χ0v) is 13.4. The number of aliphatic hydroxyl groups excluding tert-OH is 1. The van der Waals surface area contributed by atoms with E-state index in [1.165, 1.54) is 4.90 Å². The van der Waals surface area contributed by atoms with Crippen molar-refractivity contribution in [1.29, 1.82) is 0 Å². The molecule has 0 radical (unpaired) electrons. The molecule has 2 heterocycles. The first kappa shape index (κ1) is 15.5. The molecule has 0 atom stereocenters. The van der Waals surface area contributed by atoms with Gasteiger partial charge in [-0.25, -0.2) is 4.79 Å². The van der Waals surface area contributed by atoms with Gasteiger partial charge < -0.3 is 19.7 Å². The third-order valence-corrected chi connectivity index (χ3v) is 4.99. The highest BCUT2D eigenvalue weighted by atomic mass is 35.5. The van der Waals surface area contributed by atoms with Gasteiger partial charge in [-0.2, -0.15) is 0 Å². The van der Waals surface area contributed by atoms with Crippen LogP contribution in [0, 0.1) is 0 Å². The molecule has 0 saturated heterocycles. The third-order valence-electron chi connectivity index (χ3n) is 4.18. The molecule has 0 unspecified atom stereocenters. The molecule has 0 spiro atoms. The van der Waals surface area contributed by atoms with Gasteiger partial charge >= 0.3 is 6.09 Å². The fourth-order valence-electron chi connectivity index (χ4n) is 3.21. The summed E-state index contributed by atoms with van der Waals surface area (Å²) in [6, 6.07) is 3.66. The minimum atomic E-state index is -0.910. The van der Waals surface area contributed by atoms with Crippen molar-refractivity contribution in [2.45, 2.75) is 19.4 Å². The Labute approximate surface area is 137 Å². The number of hydrogen-bond acceptors (Lipinski definition) is 2. The Morgan fingerprint density at radius 1 is 1.23 bits per heavy atom. The zero-order chi connectivity index (χ0) is 15.9. The van der Waals surface area contributed by atoms with Crippen molar-refractivity contribution in [1.82, 2.24) is 9.47 Å². The van der Waals surface area contributed by atoms with E-state index >= 15 is 0 Å². The lowest BCUT2D eigenvalue weighted by atomic mass is 10.1. The highest BCUT2D eigenvalue weighted by Gasteiger charge is 2.25. The molecule has 1 aromatic heterocycles. The number of hydrogen-bond donors (Lipinski definition) is 2. The maximum absolute atomic E-state index is 11.2. The van der Waals surface area contributed by atoms with Crippen LogP contribution < -0.4 is 0 Å². The molecule has 1 amide bonds. The molecular formula is C15H16Cl2N2O3. The molecule has 0 saturated carbocycles. The minimum absolute atomic E-state index is 0.0130. The normalized spacial score (nSPS) is 15.0. The summed E-state index contributed by atoms with van der Waals surface area (Å²) in [5, 5.41) is 20.4. The highest BCUT2D eigenvalue weighted by Crippen LogP contribution is 2.38. The van der Waals surface area contributed by atoms with Crippen molar-refractivity contribution in [3.63, 3.8) is 0 Å². The lowest BCUT2D eigenvalue weighted by Crippen LogP contribution is -2.31. The van der Waals surface area contributed by atoms with Gasteiger partial charge in [0.2, 0.25) is 0 Å². The molecular weight excluding hydrogens is 327 g/mol. The van der Waals surface area contributed by atoms with Crippen LogP contribution in [0.3, 0.4) is 0 Å². The number of fused-ring (bicyclic) bond motifs is 3. The number of halogens is 2. The Hall–Kier alpha value is -1.43. The Morgan fingerprint density at radius 2 is 1.95 bits per heavy atom. The van der Waals surface area contributed by atoms with Crippen LogP contribution in [0.1, 0.15) is 11.3 Å². The summed E-state index contributed by atoms with van der Waals surface area (Å²) in [6.07, 6.45) is 0.285. The average Bonchev–Trinajstić information content (AvgIpc) is 2.65. The highest BCUT2D eigenvalue weighted by molar-refractivity contribution is 6.45. The summed E-state index contributed by atoms with van der Waals surface area (Å²) in [7, 11) is 0. The molecule has 22 heavy (non-hydrogen) atoms. The van der Waals surface area contributed by atoms with Gasteiger partial charge in [0, 0.05) is 37.1 Å². The molecule has 7 heteroatoms. The van der Waals surface area contributed by atoms with E-state index in [1.54, 1.807) is 6.07 Å². The Bertz CT molecular complexity index is 742. The van der Waals surface area contributed by atoms with Crippen LogP contribution in [0.15, 0.2) is 12.1 Å². The Kier molecular flexibility index (Phi) is 4.21. The van der Waals surface area contributed by atoms with Crippen LogP contribution in [-0.4, -0.2) is 45.5 Å². The van der Waals surface area contributed by atoms with Gasteiger partial charge in [0.25, 0.3) is 0 Å². The summed E-state index contributed by atoms with van der Waals surface area (Å²) >= 11 is 12.5. The predicted octanol–water partition coefficient (Wildman–Crippen LogP) is 3.02. The van der Waals surface area contributed by atoms with E-state index in [0.717, 1.165) is 22.2 Å². The molecule has 1 aliphatic rings. The van der Waals surface area contributed by atoms with Gasteiger partial charge in [-0.1, -0.05) is 23.2 Å². The van der Waals surface area contributed by atoms with E-state index in [2.05, 4.69) is 0 Å². The smallest absolute Gasteiger partial charge is 0.407 e. The van der Waals surface area contributed by atoms with Gasteiger partial charge in [0.05, 0.1) is 22.2 Å². The van der Waals surface area contributed by atoms with Crippen LogP contribution in [0.2, 0.25) is 10.0 Å². The van der Waals surface area contributed by atoms with Gasteiger partial charge in [-0.15, -0.1) is 0 Å². The number of aliphatic hydroxyl groups is 1. The lowest BCUT2D eigenvalue weighted by molar-refractivity contribution is 0.147. The number of aromatic nitrogens is 1. The fourth-order valence-corrected chi connectivity index (χ4v) is 3.64. The van der Waals surface area contributed by atoms with Crippen LogP contribution in [0.4, 0.5) is 4.79 Å². The summed E-state index contributed by atoms with van der Waals surface area (Å²) in [5.41, 5.74) is 3.02. The molecule has 0 aliphatic carbocycles. The van der Waals surface area contributed by atoms with E-state index in [1.807, 2.05) is 10.6 Å². The van der Waals surface area contributed by atoms with Crippen LogP contribution in [0.5, 0.6) is 0 Å². The van der Waals surface area contributed by atoms with Crippen LogP contribution >= 0.6 is 23.2 Å². The molecule has 118 valence electrons. The number of carbonyl (C=O) groups is 1. The van der Waals surface area contributed by atoms with Crippen molar-refractivity contribution in [2.24, 2.45) is 0 Å². The van der Waals surface area contributed by atoms with Gasteiger partial charge in [-0.3, -0.25) is 0 Å². The number of amides is 1. The van der Waals surface area contributed by atoms with Gasteiger partial charge in [0.1, 0.15) is 0 Å². The van der Waals surface area contributed by atoms with Crippen molar-refractivity contribution in [3.05, 3.63) is 33.4 Å². The first-order chi connectivity index (χ1) is 10.5. The maximum Gasteiger partial charge on any atom is 0.407 e. The monoisotopic (exact) mass is 342 g/mol. The van der Waals surface area contributed by atoms with Gasteiger partial charge in [-0.05, 0) is 24.1 Å². The molecule has 5 nitrogen and oxygen atoms in total. The first-order valence-corrected chi connectivity index (χ1v) is 7.87. The van der Waals surface area contributed by atoms with E-state index in [4.69, 9.17) is 23.2 Å². The average molecular weight is 343 g/mol. The molecule has 3 rings (SSSR count). The second-order valence-electron chi connectivity index (χ2n) is 5.33. The number of nitrogens with zero attached hydrogens (tertiary/aromatic N) is 2. The predicted molar refractivity (Wildman–Crippen MR) is 86.0 cm³/mol. The molecule has 1 aliphatic heterocycles. The van der Waals surface area contributed by atoms with Crippen molar-refractivity contribution in [3.8, 4) is 0 Å². The molecule has 2 aromatic rings. The molecule has 0 bridgehead atoms. The number of carboxylic acid groups (broad SMARTS) is 1. The molecule has 0 fully saturated rings. The summed E-state index contributed by atoms with van der Waals surface area (Å²) in [5.74, 6) is 0. The van der Waals surface area contributed by atoms with Gasteiger partial charge in [0.15, 0.2) is 0 Å². The maximum atomic E-state index is 11.2. The number of benzene rings is 1. The van der Waals surface area contributed by atoms with E-state index in [0.29, 0.717) is 42.5 Å². The second kappa shape index (κ2) is 5.99. The Morgan fingerprint density at radius 3 is 2.64 bits per heavy atom. The van der Waals surface area contributed by atoms with Crippen LogP contribution in [0.25, 0.3) is 10.9 Å². The quantitative estimate of drug-likeness (QED) is 0.881. The fraction of sp³-hybridized carbons (Fsp3) is 0.400. The van der Waals surface area contributed by atoms with Crippen molar-refractivity contribution in [2.75, 3.05) is 19.7 Å². The lowest BCUT2D eigenvalue weighted by Gasteiger charge is -2.16. The van der Waals surface area contributed by atoms with E-state index in [-0.39, 0.29) is 6.61 Å². The second-order valence-corrected chi connectivity index (χ2v) is 6.11. The van der Waals surface area contributed by atoms with Crippen molar-refractivity contribution < 1.29 is 15.0 Å².